The number of hydrogen-bond donors (Lipinski definition) is 0. The highest BCUT2D eigenvalue weighted by molar-refractivity contribution is 7.99. The molecule has 0 aliphatic heterocycles. The van der Waals surface area contributed by atoms with Crippen LogP contribution in [0.25, 0.3) is 24.3 Å². The molecule has 0 N–H and O–H groups in total. The Hall–Kier alpha value is -2.16. The lowest BCUT2D eigenvalue weighted by Gasteiger charge is -2.10. The zero-order valence-corrected chi connectivity index (χ0v) is 16.7. The average molecular weight is 375 g/mol. The van der Waals surface area contributed by atoms with Crippen molar-refractivity contribution in [2.45, 2.75) is 9.79 Å². The van der Waals surface area contributed by atoms with Crippen LogP contribution in [-0.2, 0) is 0 Å². The summed E-state index contributed by atoms with van der Waals surface area (Å²) in [6.45, 7) is 0. The summed E-state index contributed by atoms with van der Waals surface area (Å²) in [6, 6.07) is 25.5. The molecule has 3 aromatic rings. The van der Waals surface area contributed by atoms with E-state index in [1.807, 2.05) is 12.1 Å². The number of hydrogen-bond acceptors (Lipinski definition) is 2. The summed E-state index contributed by atoms with van der Waals surface area (Å²) in [5.41, 5.74) is 4.97. The second-order valence-corrected chi connectivity index (χ2v) is 7.52. The van der Waals surface area contributed by atoms with Crippen LogP contribution < -0.4 is 0 Å². The number of rotatable bonds is 6. The molecule has 0 aliphatic carbocycles. The first-order valence-electron chi connectivity index (χ1n) is 8.52. The van der Waals surface area contributed by atoms with Crippen LogP contribution in [0.1, 0.15) is 22.3 Å². The lowest BCUT2D eigenvalue weighted by molar-refractivity contribution is 1.31. The van der Waals surface area contributed by atoms with Gasteiger partial charge in [-0.2, -0.15) is 0 Å². The summed E-state index contributed by atoms with van der Waals surface area (Å²) in [6.07, 6.45) is 13.1. The molecular weight excluding hydrogens is 352 g/mol. The van der Waals surface area contributed by atoms with Crippen molar-refractivity contribution in [3.63, 3.8) is 0 Å². The van der Waals surface area contributed by atoms with Crippen molar-refractivity contribution < 1.29 is 0 Å². The van der Waals surface area contributed by atoms with Gasteiger partial charge < -0.3 is 0 Å². The predicted octanol–water partition coefficient (Wildman–Crippen LogP) is 7.47. The molecule has 3 aromatic carbocycles. The molecular formula is C24H22S2. The fraction of sp³-hybridized carbons (Fsp3) is 0.0833. The fourth-order valence-electron chi connectivity index (χ4n) is 2.71. The van der Waals surface area contributed by atoms with Crippen LogP contribution in [0.15, 0.2) is 82.6 Å². The van der Waals surface area contributed by atoms with E-state index in [-0.39, 0.29) is 0 Å². The van der Waals surface area contributed by atoms with Gasteiger partial charge in [-0.15, -0.1) is 23.5 Å². The summed E-state index contributed by atoms with van der Waals surface area (Å²) in [4.78, 5) is 2.59. The van der Waals surface area contributed by atoms with E-state index >= 15 is 0 Å². The molecule has 3 rings (SSSR count). The lowest BCUT2D eigenvalue weighted by atomic mass is 10.1. The van der Waals surface area contributed by atoms with Crippen LogP contribution in [0.2, 0.25) is 0 Å². The number of thioether (sulfide) groups is 2. The molecule has 0 unspecified atom stereocenters. The molecule has 0 bridgehead atoms. The van der Waals surface area contributed by atoms with Gasteiger partial charge in [-0.3, -0.25) is 0 Å². The van der Waals surface area contributed by atoms with E-state index in [4.69, 9.17) is 0 Å². The van der Waals surface area contributed by atoms with E-state index in [0.29, 0.717) is 0 Å². The van der Waals surface area contributed by atoms with Crippen LogP contribution >= 0.6 is 23.5 Å². The molecule has 0 saturated heterocycles. The van der Waals surface area contributed by atoms with Crippen molar-refractivity contribution in [2.24, 2.45) is 0 Å². The van der Waals surface area contributed by atoms with E-state index in [0.717, 1.165) is 0 Å². The first-order chi connectivity index (χ1) is 12.8. The summed E-state index contributed by atoms with van der Waals surface area (Å²) < 4.78 is 0. The monoisotopic (exact) mass is 374 g/mol. The van der Waals surface area contributed by atoms with E-state index in [9.17, 15) is 0 Å². The molecule has 0 saturated carbocycles. The minimum atomic E-state index is 1.22. The molecule has 0 aromatic heterocycles. The maximum atomic E-state index is 2.29. The van der Waals surface area contributed by atoms with Gasteiger partial charge in [0.2, 0.25) is 0 Å². The summed E-state index contributed by atoms with van der Waals surface area (Å²) in [5.74, 6) is 0. The van der Waals surface area contributed by atoms with E-state index in [2.05, 4.69) is 97.5 Å². The van der Waals surface area contributed by atoms with E-state index in [1.165, 1.54) is 32.0 Å². The quantitative estimate of drug-likeness (QED) is 0.324. The van der Waals surface area contributed by atoms with Crippen molar-refractivity contribution in [1.29, 1.82) is 0 Å². The average Bonchev–Trinajstić information content (AvgIpc) is 2.72. The van der Waals surface area contributed by atoms with Gasteiger partial charge in [-0.1, -0.05) is 85.0 Å². The zero-order valence-electron chi connectivity index (χ0n) is 15.1. The van der Waals surface area contributed by atoms with Gasteiger partial charge in [0.15, 0.2) is 0 Å². The summed E-state index contributed by atoms with van der Waals surface area (Å²) in [5, 5.41) is 0. The maximum Gasteiger partial charge on any atom is 0.0148 e. The SMILES string of the molecule is CSc1cc(C=Cc2ccccc2)c(SC)cc1C=Cc1ccccc1. The van der Waals surface area contributed by atoms with Gasteiger partial charge in [0.1, 0.15) is 0 Å². The van der Waals surface area contributed by atoms with Crippen molar-refractivity contribution in [3.05, 3.63) is 95.1 Å². The van der Waals surface area contributed by atoms with Crippen LogP contribution in [0.4, 0.5) is 0 Å². The first-order valence-corrected chi connectivity index (χ1v) is 11.0. The summed E-state index contributed by atoms with van der Waals surface area (Å²) in [7, 11) is 0. The van der Waals surface area contributed by atoms with Crippen molar-refractivity contribution in [2.75, 3.05) is 12.5 Å². The largest absolute Gasteiger partial charge is 0.129 e. The maximum absolute atomic E-state index is 2.29. The van der Waals surface area contributed by atoms with Crippen LogP contribution in [0, 0.1) is 0 Å². The van der Waals surface area contributed by atoms with E-state index in [1.54, 1.807) is 23.5 Å². The Kier molecular flexibility index (Phi) is 6.82. The third-order valence-electron chi connectivity index (χ3n) is 4.09. The second-order valence-electron chi connectivity index (χ2n) is 5.82. The smallest absolute Gasteiger partial charge is 0.0148 e. The molecule has 26 heavy (non-hydrogen) atoms. The van der Waals surface area contributed by atoms with Gasteiger partial charge in [0, 0.05) is 9.79 Å². The van der Waals surface area contributed by atoms with Crippen LogP contribution in [-0.4, -0.2) is 12.5 Å². The van der Waals surface area contributed by atoms with Crippen molar-refractivity contribution in [3.8, 4) is 0 Å². The molecule has 0 aliphatic rings. The first kappa shape index (κ1) is 18.6. The third kappa shape index (κ3) is 4.94. The fourth-order valence-corrected chi connectivity index (χ4v) is 3.92. The topological polar surface area (TPSA) is 0 Å². The Morgan fingerprint density at radius 2 is 0.923 bits per heavy atom. The van der Waals surface area contributed by atoms with Crippen LogP contribution in [0.3, 0.4) is 0 Å². The van der Waals surface area contributed by atoms with Gasteiger partial charge >= 0.3 is 0 Å². The summed E-state index contributed by atoms with van der Waals surface area (Å²) >= 11 is 3.58. The molecule has 0 spiro atoms. The third-order valence-corrected chi connectivity index (χ3v) is 5.68. The standard InChI is InChI=1S/C24H22S2/c1-25-23-17-22(16-14-20-11-7-4-8-12-20)24(26-2)18-21(23)15-13-19-9-5-3-6-10-19/h3-18H,1-2H3. The van der Waals surface area contributed by atoms with Crippen molar-refractivity contribution in [1.82, 2.24) is 0 Å². The number of benzene rings is 3. The minimum Gasteiger partial charge on any atom is -0.129 e. The molecule has 130 valence electrons. The predicted molar refractivity (Wildman–Crippen MR) is 121 cm³/mol. The zero-order chi connectivity index (χ0) is 18.2. The van der Waals surface area contributed by atoms with Gasteiger partial charge in [-0.25, -0.2) is 0 Å². The molecule has 0 radical (unpaired) electrons. The highest BCUT2D eigenvalue weighted by Gasteiger charge is 2.06. The normalized spacial score (nSPS) is 11.5. The highest BCUT2D eigenvalue weighted by Crippen LogP contribution is 2.32. The Balaban J connectivity index is 1.93. The Morgan fingerprint density at radius 1 is 0.538 bits per heavy atom. The van der Waals surface area contributed by atoms with Gasteiger partial charge in [0.25, 0.3) is 0 Å². The Labute approximate surface area is 165 Å². The van der Waals surface area contributed by atoms with Gasteiger partial charge in [-0.05, 0) is 46.9 Å². The molecule has 0 amide bonds. The molecule has 0 fully saturated rings. The van der Waals surface area contributed by atoms with Crippen LogP contribution in [0.5, 0.6) is 0 Å². The van der Waals surface area contributed by atoms with E-state index < -0.39 is 0 Å². The highest BCUT2D eigenvalue weighted by atomic mass is 32.2. The Bertz CT molecular complexity index is 817. The van der Waals surface area contributed by atoms with Gasteiger partial charge in [0.05, 0.1) is 0 Å². The molecule has 0 atom stereocenters. The minimum absolute atomic E-state index is 1.22. The van der Waals surface area contributed by atoms with Crippen molar-refractivity contribution >= 4 is 47.8 Å². The molecule has 2 heteroatoms. The lowest BCUT2D eigenvalue weighted by Crippen LogP contribution is -1.86. The molecule has 0 nitrogen and oxygen atoms in total. The molecule has 0 heterocycles. The Morgan fingerprint density at radius 3 is 1.27 bits per heavy atom. The second kappa shape index (κ2) is 9.51.